The summed E-state index contributed by atoms with van der Waals surface area (Å²) in [4.78, 5) is 35.5. The highest BCUT2D eigenvalue weighted by atomic mass is 35.5. The number of fused-ring (bicyclic) bond motifs is 1. The Morgan fingerprint density at radius 1 is 1.14 bits per heavy atom. The summed E-state index contributed by atoms with van der Waals surface area (Å²) in [7, 11) is -3.56. The summed E-state index contributed by atoms with van der Waals surface area (Å²) in [5.74, 6) is -1.58. The Bertz CT molecular complexity index is 1510. The highest BCUT2D eigenvalue weighted by molar-refractivity contribution is 7.88. The number of allylic oxidation sites excluding steroid dienone is 1. The van der Waals surface area contributed by atoms with Crippen molar-refractivity contribution in [2.24, 2.45) is 0 Å². The Morgan fingerprint density at radius 2 is 1.86 bits per heavy atom. The molecule has 42 heavy (non-hydrogen) atoms. The number of nitrogens with zero attached hydrogens (tertiary/aromatic N) is 2. The lowest BCUT2D eigenvalue weighted by Gasteiger charge is -2.49. The first-order valence-electron chi connectivity index (χ1n) is 14.1. The van der Waals surface area contributed by atoms with Crippen LogP contribution in [0, 0.1) is 5.21 Å². The second kappa shape index (κ2) is 12.5. The number of sulfonamides is 1. The molecular weight excluding hydrogens is 580 g/mol. The topological polar surface area (TPSA) is 131 Å². The number of carbonyl (C=O) groups is 2. The van der Waals surface area contributed by atoms with Crippen LogP contribution in [-0.4, -0.2) is 66.6 Å². The molecule has 2 aromatic carbocycles. The predicted octanol–water partition coefficient (Wildman–Crippen LogP) is 3.83. The number of carbonyl (C=O) groups excluding carboxylic acids is 2. The number of halogens is 1. The molecule has 1 saturated carbocycles. The van der Waals surface area contributed by atoms with E-state index in [1.807, 2.05) is 0 Å². The molecule has 5 rings (SSSR count). The molecule has 0 spiro atoms. The molecule has 12 heteroatoms. The van der Waals surface area contributed by atoms with Gasteiger partial charge in [0.25, 0.3) is 11.8 Å². The van der Waals surface area contributed by atoms with Crippen molar-refractivity contribution in [3.8, 4) is 0 Å². The van der Waals surface area contributed by atoms with Gasteiger partial charge in [-0.3, -0.25) is 14.4 Å². The number of hydrogen-bond acceptors (Lipinski definition) is 6. The average Bonchev–Trinajstić information content (AvgIpc) is 3.28. The lowest BCUT2D eigenvalue weighted by molar-refractivity contribution is -0.485. The standard InChI is InChI=1S/C30H35ClN4O6S/c1-19-11-16-22(35(19)38)17-18-41-32-29(36)27-23-7-3-4-8-24(23)30(37)34(28(27)20-12-14-21(31)15-13-20)26-10-6-5-9-25(26)33-42(2,39)40/h3-4,7-8,11-16,22,25-28,33H,5-6,9-10,17-18H2,1-2H3,(H,32,36)/t22?,25-,26-,27+,28-/m0/s1. The van der Waals surface area contributed by atoms with Crippen LogP contribution >= 0.6 is 11.6 Å². The molecule has 0 aromatic heterocycles. The molecule has 0 radical (unpaired) electrons. The van der Waals surface area contributed by atoms with Crippen molar-refractivity contribution in [1.29, 1.82) is 0 Å². The van der Waals surface area contributed by atoms with Crippen LogP contribution in [0.5, 0.6) is 0 Å². The van der Waals surface area contributed by atoms with E-state index in [0.29, 0.717) is 46.7 Å². The highest BCUT2D eigenvalue weighted by Gasteiger charge is 2.49. The normalized spacial score (nSPS) is 25.9. The summed E-state index contributed by atoms with van der Waals surface area (Å²) in [6, 6.07) is 11.9. The Morgan fingerprint density at radius 3 is 2.55 bits per heavy atom. The molecule has 3 aliphatic rings. The molecule has 2 heterocycles. The zero-order valence-corrected chi connectivity index (χ0v) is 25.1. The molecule has 1 aliphatic carbocycles. The zero-order valence-electron chi connectivity index (χ0n) is 23.5. The van der Waals surface area contributed by atoms with Crippen molar-refractivity contribution >= 4 is 39.2 Å². The Hall–Kier alpha value is -3.25. The van der Waals surface area contributed by atoms with Crippen molar-refractivity contribution < 1.29 is 27.6 Å². The quantitative estimate of drug-likeness (QED) is 0.191. The van der Waals surface area contributed by atoms with Gasteiger partial charge in [-0.25, -0.2) is 23.4 Å². The fraction of sp³-hybridized carbons (Fsp3) is 0.433. The summed E-state index contributed by atoms with van der Waals surface area (Å²) < 4.78 is 28.3. The third-order valence-electron chi connectivity index (χ3n) is 8.22. The minimum Gasteiger partial charge on any atom is -0.623 e. The number of hydrogen-bond donors (Lipinski definition) is 2. The van der Waals surface area contributed by atoms with Crippen molar-refractivity contribution in [3.05, 3.63) is 87.6 Å². The Kier molecular flexibility index (Phi) is 9.03. The fourth-order valence-corrected chi connectivity index (χ4v) is 7.26. The van der Waals surface area contributed by atoms with Gasteiger partial charge < -0.3 is 10.1 Å². The van der Waals surface area contributed by atoms with Gasteiger partial charge in [0.1, 0.15) is 0 Å². The van der Waals surface area contributed by atoms with Gasteiger partial charge in [-0.15, -0.1) is 0 Å². The number of benzene rings is 2. The van der Waals surface area contributed by atoms with Crippen LogP contribution in [0.25, 0.3) is 0 Å². The van der Waals surface area contributed by atoms with Gasteiger partial charge >= 0.3 is 0 Å². The van der Waals surface area contributed by atoms with Crippen molar-refractivity contribution in [2.75, 3.05) is 12.9 Å². The van der Waals surface area contributed by atoms with Crippen LogP contribution in [0.1, 0.15) is 72.5 Å². The predicted molar refractivity (Wildman–Crippen MR) is 160 cm³/mol. The lowest BCUT2D eigenvalue weighted by atomic mass is 9.76. The molecule has 2 amide bonds. The molecule has 1 fully saturated rings. The summed E-state index contributed by atoms with van der Waals surface area (Å²) in [5.41, 5.74) is 4.82. The van der Waals surface area contributed by atoms with Crippen LogP contribution in [0.2, 0.25) is 5.02 Å². The fourth-order valence-electron chi connectivity index (χ4n) is 6.31. The van der Waals surface area contributed by atoms with Gasteiger partial charge in [0.2, 0.25) is 10.0 Å². The third kappa shape index (κ3) is 6.39. The van der Waals surface area contributed by atoms with Crippen LogP contribution in [0.15, 0.2) is 60.7 Å². The van der Waals surface area contributed by atoms with Crippen molar-refractivity contribution in [2.45, 2.75) is 69.1 Å². The molecule has 224 valence electrons. The van der Waals surface area contributed by atoms with Gasteiger partial charge in [0.15, 0.2) is 11.8 Å². The minimum atomic E-state index is -3.56. The van der Waals surface area contributed by atoms with E-state index in [2.05, 4.69) is 10.2 Å². The van der Waals surface area contributed by atoms with E-state index in [9.17, 15) is 23.2 Å². The van der Waals surface area contributed by atoms with E-state index < -0.39 is 40.0 Å². The number of hydroxylamine groups is 2. The van der Waals surface area contributed by atoms with E-state index in [1.54, 1.807) is 72.5 Å². The largest absolute Gasteiger partial charge is 0.623 e. The van der Waals surface area contributed by atoms with Gasteiger partial charge in [-0.1, -0.05) is 54.8 Å². The minimum absolute atomic E-state index is 0.109. The van der Waals surface area contributed by atoms with Crippen LogP contribution in [0.3, 0.4) is 0 Å². The zero-order chi connectivity index (χ0) is 30.0. The summed E-state index contributed by atoms with van der Waals surface area (Å²) in [5, 5.41) is 12.7. The Labute approximate surface area is 251 Å². The maximum atomic E-state index is 14.2. The van der Waals surface area contributed by atoms with Gasteiger partial charge in [0.05, 0.1) is 24.8 Å². The number of amides is 2. The molecule has 5 atom stereocenters. The summed E-state index contributed by atoms with van der Waals surface area (Å²) in [6.45, 7) is 1.84. The highest BCUT2D eigenvalue weighted by Crippen LogP contribution is 2.46. The smallest absolute Gasteiger partial charge is 0.255 e. The number of rotatable bonds is 9. The van der Waals surface area contributed by atoms with Gasteiger partial charge in [-0.05, 0) is 48.2 Å². The van der Waals surface area contributed by atoms with Crippen molar-refractivity contribution in [3.63, 3.8) is 0 Å². The molecule has 10 nitrogen and oxygen atoms in total. The van der Waals surface area contributed by atoms with Crippen LogP contribution in [0.4, 0.5) is 0 Å². The lowest BCUT2D eigenvalue weighted by Crippen LogP contribution is -2.59. The first-order valence-corrected chi connectivity index (χ1v) is 16.4. The molecule has 2 aliphatic heterocycles. The molecule has 2 N–H and O–H groups in total. The van der Waals surface area contributed by atoms with Crippen LogP contribution < -0.4 is 10.2 Å². The second-order valence-corrected chi connectivity index (χ2v) is 13.3. The van der Waals surface area contributed by atoms with Gasteiger partial charge in [-0.2, -0.15) is 0 Å². The van der Waals surface area contributed by atoms with E-state index in [4.69, 9.17) is 16.4 Å². The summed E-state index contributed by atoms with van der Waals surface area (Å²) >= 11 is 6.21. The molecule has 0 bridgehead atoms. The maximum absolute atomic E-state index is 14.2. The SMILES string of the molecule is CC1=[N+]([O-])C(CCONC(=O)[C@@H]2c3ccccc3C(=O)N([C@H]3CCCC[C@@H]3NS(C)(=O)=O)[C@H]2c2ccc(Cl)cc2)C=C1. The second-order valence-electron chi connectivity index (χ2n) is 11.1. The molecule has 2 aromatic rings. The average molecular weight is 615 g/mol. The molecular formula is C30H35ClN4O6S. The molecule has 0 saturated heterocycles. The maximum Gasteiger partial charge on any atom is 0.255 e. The number of nitrogens with one attached hydrogen (secondary N) is 2. The molecule has 1 unspecified atom stereocenters. The monoisotopic (exact) mass is 614 g/mol. The Balaban J connectivity index is 1.50. The van der Waals surface area contributed by atoms with E-state index >= 15 is 0 Å². The van der Waals surface area contributed by atoms with Crippen molar-refractivity contribution in [1.82, 2.24) is 15.1 Å². The first kappa shape index (κ1) is 30.2. The van der Waals surface area contributed by atoms with E-state index in [-0.39, 0.29) is 18.6 Å². The summed E-state index contributed by atoms with van der Waals surface area (Å²) in [6.07, 6.45) is 7.83. The van der Waals surface area contributed by atoms with Crippen LogP contribution in [-0.2, 0) is 19.7 Å². The van der Waals surface area contributed by atoms with Gasteiger partial charge in [0, 0.05) is 42.1 Å². The van der Waals surface area contributed by atoms with E-state index in [1.165, 1.54) is 0 Å². The third-order valence-corrected chi connectivity index (χ3v) is 9.20. The first-order chi connectivity index (χ1) is 20.0. The van der Waals surface area contributed by atoms with E-state index in [0.717, 1.165) is 23.8 Å².